The second-order valence-corrected chi connectivity index (χ2v) is 3.70. The molecular formula is C12H14N4O. The monoisotopic (exact) mass is 230 g/mol. The topological polar surface area (TPSA) is 72.9 Å². The van der Waals surface area contributed by atoms with Crippen molar-refractivity contribution in [3.8, 4) is 0 Å². The van der Waals surface area contributed by atoms with Crippen molar-refractivity contribution in [1.29, 1.82) is 0 Å². The lowest BCUT2D eigenvalue weighted by molar-refractivity contribution is 0.102. The molecule has 0 fully saturated rings. The SMILES string of the molecule is Cn1nccc1NC(=O)c1cccc(CN)c1. The van der Waals surface area contributed by atoms with Crippen molar-refractivity contribution in [2.24, 2.45) is 12.8 Å². The molecule has 0 aliphatic rings. The van der Waals surface area contributed by atoms with Crippen LogP contribution in [-0.4, -0.2) is 15.7 Å². The standard InChI is InChI=1S/C12H14N4O/c1-16-11(5-6-14-16)15-12(17)10-4-2-3-9(7-10)8-13/h2-7H,8,13H2,1H3,(H,15,17). The van der Waals surface area contributed by atoms with E-state index in [1.807, 2.05) is 12.1 Å². The molecule has 17 heavy (non-hydrogen) atoms. The largest absolute Gasteiger partial charge is 0.326 e. The van der Waals surface area contributed by atoms with E-state index in [2.05, 4.69) is 10.4 Å². The number of hydrogen-bond donors (Lipinski definition) is 2. The zero-order valence-corrected chi connectivity index (χ0v) is 9.55. The third-order valence-electron chi connectivity index (χ3n) is 2.49. The van der Waals surface area contributed by atoms with E-state index in [0.717, 1.165) is 5.56 Å². The van der Waals surface area contributed by atoms with Crippen molar-refractivity contribution in [2.45, 2.75) is 6.54 Å². The molecule has 1 aromatic carbocycles. The minimum atomic E-state index is -0.163. The summed E-state index contributed by atoms with van der Waals surface area (Å²) in [7, 11) is 1.77. The molecule has 0 saturated heterocycles. The molecule has 0 saturated carbocycles. The molecule has 5 heteroatoms. The Morgan fingerprint density at radius 1 is 1.47 bits per heavy atom. The molecule has 0 unspecified atom stereocenters. The summed E-state index contributed by atoms with van der Waals surface area (Å²) in [6.45, 7) is 0.423. The first kappa shape index (κ1) is 11.3. The predicted molar refractivity (Wildman–Crippen MR) is 65.5 cm³/mol. The van der Waals surface area contributed by atoms with E-state index in [4.69, 9.17) is 5.73 Å². The van der Waals surface area contributed by atoms with Gasteiger partial charge in [-0.15, -0.1) is 0 Å². The maximum Gasteiger partial charge on any atom is 0.256 e. The van der Waals surface area contributed by atoms with Crippen LogP contribution in [-0.2, 0) is 13.6 Å². The van der Waals surface area contributed by atoms with Crippen LogP contribution >= 0.6 is 0 Å². The molecule has 0 bridgehead atoms. The molecule has 0 aliphatic heterocycles. The highest BCUT2D eigenvalue weighted by Gasteiger charge is 2.08. The summed E-state index contributed by atoms with van der Waals surface area (Å²) in [6, 6.07) is 8.99. The Balaban J connectivity index is 2.17. The van der Waals surface area contributed by atoms with Gasteiger partial charge in [0.2, 0.25) is 0 Å². The lowest BCUT2D eigenvalue weighted by atomic mass is 10.1. The average Bonchev–Trinajstić information content (AvgIpc) is 2.75. The number of carbonyl (C=O) groups excluding carboxylic acids is 1. The highest BCUT2D eigenvalue weighted by Crippen LogP contribution is 2.09. The van der Waals surface area contributed by atoms with Crippen molar-refractivity contribution < 1.29 is 4.79 Å². The van der Waals surface area contributed by atoms with Gasteiger partial charge in [0, 0.05) is 25.2 Å². The van der Waals surface area contributed by atoms with E-state index in [0.29, 0.717) is 17.9 Å². The highest BCUT2D eigenvalue weighted by atomic mass is 16.1. The molecule has 5 nitrogen and oxygen atoms in total. The highest BCUT2D eigenvalue weighted by molar-refractivity contribution is 6.03. The van der Waals surface area contributed by atoms with Gasteiger partial charge in [-0.2, -0.15) is 5.10 Å². The van der Waals surface area contributed by atoms with Crippen molar-refractivity contribution in [3.05, 3.63) is 47.7 Å². The Labute approximate surface area is 99.2 Å². The van der Waals surface area contributed by atoms with Crippen LogP contribution in [0.2, 0.25) is 0 Å². The summed E-state index contributed by atoms with van der Waals surface area (Å²) in [5, 5.41) is 6.76. The second kappa shape index (κ2) is 4.80. The van der Waals surface area contributed by atoms with E-state index < -0.39 is 0 Å². The van der Waals surface area contributed by atoms with Crippen LogP contribution in [0.1, 0.15) is 15.9 Å². The van der Waals surface area contributed by atoms with Crippen LogP contribution in [0, 0.1) is 0 Å². The smallest absolute Gasteiger partial charge is 0.256 e. The van der Waals surface area contributed by atoms with Gasteiger partial charge in [0.25, 0.3) is 5.91 Å². The van der Waals surface area contributed by atoms with Gasteiger partial charge in [-0.25, -0.2) is 0 Å². The van der Waals surface area contributed by atoms with Crippen LogP contribution in [0.15, 0.2) is 36.5 Å². The summed E-state index contributed by atoms with van der Waals surface area (Å²) in [4.78, 5) is 11.9. The summed E-state index contributed by atoms with van der Waals surface area (Å²) < 4.78 is 1.60. The third kappa shape index (κ3) is 2.51. The van der Waals surface area contributed by atoms with E-state index in [9.17, 15) is 4.79 Å². The van der Waals surface area contributed by atoms with Crippen LogP contribution < -0.4 is 11.1 Å². The first-order chi connectivity index (χ1) is 8.20. The fourth-order valence-electron chi connectivity index (χ4n) is 1.52. The number of anilines is 1. The zero-order chi connectivity index (χ0) is 12.3. The van der Waals surface area contributed by atoms with E-state index in [1.165, 1.54) is 0 Å². The number of benzene rings is 1. The molecule has 1 aromatic heterocycles. The predicted octanol–water partition coefficient (Wildman–Crippen LogP) is 1.13. The van der Waals surface area contributed by atoms with Gasteiger partial charge in [0.05, 0.1) is 6.20 Å². The number of aromatic nitrogens is 2. The molecular weight excluding hydrogens is 216 g/mol. The number of amides is 1. The Hall–Kier alpha value is -2.14. The lowest BCUT2D eigenvalue weighted by Gasteiger charge is -2.06. The van der Waals surface area contributed by atoms with Crippen molar-refractivity contribution in [2.75, 3.05) is 5.32 Å². The molecule has 2 rings (SSSR count). The molecule has 3 N–H and O–H groups in total. The van der Waals surface area contributed by atoms with Gasteiger partial charge in [-0.3, -0.25) is 9.48 Å². The fourth-order valence-corrected chi connectivity index (χ4v) is 1.52. The zero-order valence-electron chi connectivity index (χ0n) is 9.55. The van der Waals surface area contributed by atoms with Crippen molar-refractivity contribution in [3.63, 3.8) is 0 Å². The Kier molecular flexibility index (Phi) is 3.20. The average molecular weight is 230 g/mol. The lowest BCUT2D eigenvalue weighted by Crippen LogP contribution is -2.15. The van der Waals surface area contributed by atoms with Gasteiger partial charge in [0.15, 0.2) is 0 Å². The van der Waals surface area contributed by atoms with Crippen LogP contribution in [0.5, 0.6) is 0 Å². The molecule has 0 aliphatic carbocycles. The summed E-state index contributed by atoms with van der Waals surface area (Å²) in [5.41, 5.74) is 7.06. The van der Waals surface area contributed by atoms with Gasteiger partial charge in [0.1, 0.15) is 5.82 Å². The molecule has 0 spiro atoms. The number of nitrogens with one attached hydrogen (secondary N) is 1. The Morgan fingerprint density at radius 3 is 2.94 bits per heavy atom. The number of nitrogens with zero attached hydrogens (tertiary/aromatic N) is 2. The van der Waals surface area contributed by atoms with E-state index in [-0.39, 0.29) is 5.91 Å². The Bertz CT molecular complexity index is 533. The number of carbonyl (C=O) groups is 1. The first-order valence-electron chi connectivity index (χ1n) is 5.29. The van der Waals surface area contributed by atoms with Gasteiger partial charge < -0.3 is 11.1 Å². The number of hydrogen-bond acceptors (Lipinski definition) is 3. The summed E-state index contributed by atoms with van der Waals surface area (Å²) >= 11 is 0. The number of aryl methyl sites for hydroxylation is 1. The van der Waals surface area contributed by atoms with E-state index in [1.54, 1.807) is 36.1 Å². The second-order valence-electron chi connectivity index (χ2n) is 3.70. The Morgan fingerprint density at radius 2 is 2.29 bits per heavy atom. The minimum absolute atomic E-state index is 0.163. The van der Waals surface area contributed by atoms with Crippen LogP contribution in [0.4, 0.5) is 5.82 Å². The molecule has 0 radical (unpaired) electrons. The third-order valence-corrected chi connectivity index (χ3v) is 2.49. The maximum absolute atomic E-state index is 11.9. The van der Waals surface area contributed by atoms with Crippen LogP contribution in [0.3, 0.4) is 0 Å². The summed E-state index contributed by atoms with van der Waals surface area (Å²) in [6.07, 6.45) is 1.63. The maximum atomic E-state index is 11.9. The van der Waals surface area contributed by atoms with Crippen LogP contribution in [0.25, 0.3) is 0 Å². The number of rotatable bonds is 3. The summed E-state index contributed by atoms with van der Waals surface area (Å²) in [5.74, 6) is 0.497. The minimum Gasteiger partial charge on any atom is -0.326 e. The van der Waals surface area contributed by atoms with Gasteiger partial charge in [-0.1, -0.05) is 12.1 Å². The normalized spacial score (nSPS) is 10.2. The molecule has 2 aromatic rings. The molecule has 0 atom stereocenters. The number of nitrogens with two attached hydrogens (primary N) is 1. The molecule has 1 heterocycles. The van der Waals surface area contributed by atoms with E-state index >= 15 is 0 Å². The van der Waals surface area contributed by atoms with Gasteiger partial charge >= 0.3 is 0 Å². The molecule has 1 amide bonds. The van der Waals surface area contributed by atoms with Crippen molar-refractivity contribution >= 4 is 11.7 Å². The van der Waals surface area contributed by atoms with Crippen molar-refractivity contribution in [1.82, 2.24) is 9.78 Å². The van der Waals surface area contributed by atoms with Gasteiger partial charge in [-0.05, 0) is 17.7 Å². The molecule has 88 valence electrons. The fraction of sp³-hybridized carbons (Fsp3) is 0.167. The first-order valence-corrected chi connectivity index (χ1v) is 5.29. The quantitative estimate of drug-likeness (QED) is 0.830.